The zero-order valence-corrected chi connectivity index (χ0v) is 11.1. The van der Waals surface area contributed by atoms with E-state index in [1.165, 1.54) is 6.20 Å². The van der Waals surface area contributed by atoms with Gasteiger partial charge in [0.2, 0.25) is 0 Å². The number of thiophene rings is 1. The van der Waals surface area contributed by atoms with E-state index in [0.717, 1.165) is 10.6 Å². The van der Waals surface area contributed by atoms with Gasteiger partial charge < -0.3 is 4.98 Å². The lowest BCUT2D eigenvalue weighted by Gasteiger charge is -2.05. The minimum absolute atomic E-state index is 0.215. The Morgan fingerprint density at radius 2 is 2.15 bits per heavy atom. The number of pyridine rings is 2. The van der Waals surface area contributed by atoms with E-state index in [2.05, 4.69) is 16.0 Å². The van der Waals surface area contributed by atoms with Crippen LogP contribution in [0.15, 0.2) is 52.9 Å². The van der Waals surface area contributed by atoms with Crippen LogP contribution in [0, 0.1) is 11.3 Å². The average Bonchev–Trinajstić information content (AvgIpc) is 3.01. The van der Waals surface area contributed by atoms with Crippen LogP contribution in [0.2, 0.25) is 0 Å². The van der Waals surface area contributed by atoms with Crippen molar-refractivity contribution in [2.45, 2.75) is 0 Å². The fourth-order valence-corrected chi connectivity index (χ4v) is 2.65. The Hall–Kier alpha value is -2.71. The maximum Gasteiger partial charge on any atom is 0.255 e. The highest BCUT2D eigenvalue weighted by molar-refractivity contribution is 7.13. The van der Waals surface area contributed by atoms with Crippen LogP contribution in [0.4, 0.5) is 0 Å². The van der Waals surface area contributed by atoms with Crippen molar-refractivity contribution in [2.24, 2.45) is 0 Å². The number of hydrogen-bond donors (Lipinski definition) is 1. The molecule has 0 fully saturated rings. The summed E-state index contributed by atoms with van der Waals surface area (Å²) in [5.41, 5.74) is 2.02. The van der Waals surface area contributed by atoms with Crippen molar-refractivity contribution in [3.05, 3.63) is 64.0 Å². The number of rotatable bonds is 2. The SMILES string of the molecule is N#Cc1cnc(-c2cccs2)cc1-c1ccc[nH]c1=O. The molecule has 4 nitrogen and oxygen atoms in total. The third kappa shape index (κ3) is 2.13. The van der Waals surface area contributed by atoms with Gasteiger partial charge in [-0.25, -0.2) is 0 Å². The lowest BCUT2D eigenvalue weighted by Crippen LogP contribution is -2.08. The first-order chi connectivity index (χ1) is 9.79. The van der Waals surface area contributed by atoms with Gasteiger partial charge in [0.1, 0.15) is 6.07 Å². The summed E-state index contributed by atoms with van der Waals surface area (Å²) in [5, 5.41) is 11.2. The van der Waals surface area contributed by atoms with Gasteiger partial charge in [0.15, 0.2) is 0 Å². The second-order valence-electron chi connectivity index (χ2n) is 4.12. The highest BCUT2D eigenvalue weighted by atomic mass is 32.1. The Bertz CT molecular complexity index is 844. The number of nitrogens with one attached hydrogen (secondary N) is 1. The third-order valence-electron chi connectivity index (χ3n) is 2.91. The van der Waals surface area contributed by atoms with Gasteiger partial charge in [-0.15, -0.1) is 11.3 Å². The van der Waals surface area contributed by atoms with Crippen molar-refractivity contribution in [3.8, 4) is 27.8 Å². The van der Waals surface area contributed by atoms with E-state index >= 15 is 0 Å². The Morgan fingerprint density at radius 3 is 2.85 bits per heavy atom. The molecule has 0 aromatic carbocycles. The van der Waals surface area contributed by atoms with Gasteiger partial charge in [-0.05, 0) is 29.6 Å². The van der Waals surface area contributed by atoms with Gasteiger partial charge in [0.25, 0.3) is 5.56 Å². The van der Waals surface area contributed by atoms with Crippen molar-refractivity contribution in [1.82, 2.24) is 9.97 Å². The number of H-pyrrole nitrogens is 1. The second kappa shape index (κ2) is 5.11. The molecule has 0 atom stereocenters. The maximum absolute atomic E-state index is 11.9. The topological polar surface area (TPSA) is 69.5 Å². The van der Waals surface area contributed by atoms with E-state index in [-0.39, 0.29) is 5.56 Å². The molecule has 0 aliphatic heterocycles. The van der Waals surface area contributed by atoms with Crippen LogP contribution in [0.25, 0.3) is 21.7 Å². The van der Waals surface area contributed by atoms with Crippen molar-refractivity contribution >= 4 is 11.3 Å². The van der Waals surface area contributed by atoms with E-state index in [1.807, 2.05) is 17.5 Å². The predicted octanol–water partition coefficient (Wildman–Crippen LogP) is 3.04. The Morgan fingerprint density at radius 1 is 1.25 bits per heavy atom. The summed E-state index contributed by atoms with van der Waals surface area (Å²) in [6, 6.07) is 11.2. The van der Waals surface area contributed by atoms with Gasteiger partial charge in [0, 0.05) is 23.5 Å². The number of aromatic amines is 1. The largest absolute Gasteiger partial charge is 0.329 e. The quantitative estimate of drug-likeness (QED) is 0.783. The molecular formula is C15H9N3OS. The van der Waals surface area contributed by atoms with Gasteiger partial charge in [-0.1, -0.05) is 6.07 Å². The molecule has 0 aliphatic rings. The molecule has 0 radical (unpaired) electrons. The monoisotopic (exact) mass is 279 g/mol. The van der Waals surface area contributed by atoms with Crippen molar-refractivity contribution in [1.29, 1.82) is 5.26 Å². The fraction of sp³-hybridized carbons (Fsp3) is 0. The highest BCUT2D eigenvalue weighted by Crippen LogP contribution is 2.28. The van der Waals surface area contributed by atoms with E-state index in [9.17, 15) is 10.1 Å². The summed E-state index contributed by atoms with van der Waals surface area (Å²) in [7, 11) is 0. The zero-order valence-electron chi connectivity index (χ0n) is 10.3. The molecule has 3 rings (SSSR count). The second-order valence-corrected chi connectivity index (χ2v) is 5.06. The summed E-state index contributed by atoms with van der Waals surface area (Å²) in [4.78, 5) is 19.8. The summed E-state index contributed by atoms with van der Waals surface area (Å²) in [6.07, 6.45) is 3.08. The Kier molecular flexibility index (Phi) is 3.15. The number of nitriles is 1. The number of hydrogen-bond acceptors (Lipinski definition) is 4. The van der Waals surface area contributed by atoms with Crippen LogP contribution in [0.5, 0.6) is 0 Å². The van der Waals surface area contributed by atoms with E-state index < -0.39 is 0 Å². The molecule has 1 N–H and O–H groups in total. The molecule has 0 aliphatic carbocycles. The molecule has 3 heterocycles. The van der Waals surface area contributed by atoms with Crippen LogP contribution in [0.3, 0.4) is 0 Å². The van der Waals surface area contributed by atoms with E-state index in [1.54, 1.807) is 35.7 Å². The number of nitrogens with zero attached hydrogens (tertiary/aromatic N) is 2. The molecule has 0 saturated heterocycles. The lowest BCUT2D eigenvalue weighted by atomic mass is 10.0. The first kappa shape index (κ1) is 12.3. The van der Waals surface area contributed by atoms with Crippen molar-refractivity contribution in [3.63, 3.8) is 0 Å². The molecule has 0 spiro atoms. The average molecular weight is 279 g/mol. The third-order valence-corrected chi connectivity index (χ3v) is 3.80. The Balaban J connectivity index is 2.24. The predicted molar refractivity (Wildman–Crippen MR) is 78.3 cm³/mol. The minimum atomic E-state index is -0.215. The fourth-order valence-electron chi connectivity index (χ4n) is 1.96. The summed E-state index contributed by atoms with van der Waals surface area (Å²) >= 11 is 1.57. The molecule has 0 amide bonds. The summed E-state index contributed by atoms with van der Waals surface area (Å²) in [5.74, 6) is 0. The van der Waals surface area contributed by atoms with Gasteiger partial charge >= 0.3 is 0 Å². The molecule has 96 valence electrons. The number of aromatic nitrogens is 2. The molecule has 0 bridgehead atoms. The summed E-state index contributed by atoms with van der Waals surface area (Å²) < 4.78 is 0. The molecular weight excluding hydrogens is 270 g/mol. The minimum Gasteiger partial charge on any atom is -0.329 e. The molecule has 3 aromatic heterocycles. The van der Waals surface area contributed by atoms with Gasteiger partial charge in [-0.2, -0.15) is 5.26 Å². The first-order valence-electron chi connectivity index (χ1n) is 5.91. The van der Waals surface area contributed by atoms with Crippen LogP contribution < -0.4 is 5.56 Å². The van der Waals surface area contributed by atoms with Gasteiger partial charge in [0.05, 0.1) is 16.1 Å². The maximum atomic E-state index is 11.9. The van der Waals surface area contributed by atoms with Crippen LogP contribution in [-0.4, -0.2) is 9.97 Å². The molecule has 20 heavy (non-hydrogen) atoms. The Labute approximate surface area is 119 Å². The molecule has 0 unspecified atom stereocenters. The standard InChI is InChI=1S/C15H9N3OS/c16-8-10-9-18-13(14-4-2-6-20-14)7-12(10)11-3-1-5-17-15(11)19/h1-7,9H,(H,17,19). The van der Waals surface area contributed by atoms with Crippen LogP contribution >= 0.6 is 11.3 Å². The smallest absolute Gasteiger partial charge is 0.255 e. The van der Waals surface area contributed by atoms with Crippen molar-refractivity contribution in [2.75, 3.05) is 0 Å². The lowest BCUT2D eigenvalue weighted by molar-refractivity contribution is 1.23. The van der Waals surface area contributed by atoms with Crippen LogP contribution in [0.1, 0.15) is 5.56 Å². The first-order valence-corrected chi connectivity index (χ1v) is 6.79. The van der Waals surface area contributed by atoms with E-state index in [4.69, 9.17) is 0 Å². The highest BCUT2D eigenvalue weighted by Gasteiger charge is 2.11. The normalized spacial score (nSPS) is 10.2. The molecule has 0 saturated carbocycles. The zero-order chi connectivity index (χ0) is 13.9. The van der Waals surface area contributed by atoms with Crippen molar-refractivity contribution < 1.29 is 0 Å². The van der Waals surface area contributed by atoms with Gasteiger partial charge in [-0.3, -0.25) is 9.78 Å². The summed E-state index contributed by atoms with van der Waals surface area (Å²) in [6.45, 7) is 0. The van der Waals surface area contributed by atoms with E-state index in [0.29, 0.717) is 16.7 Å². The van der Waals surface area contributed by atoms with Crippen LogP contribution in [-0.2, 0) is 0 Å². The molecule has 5 heteroatoms. The molecule has 3 aromatic rings.